The van der Waals surface area contributed by atoms with Crippen LogP contribution in [0, 0.1) is 5.82 Å². The van der Waals surface area contributed by atoms with Crippen LogP contribution in [0.5, 0.6) is 5.75 Å². The standard InChI is InChI=1S/C14H20FNO3/c1-14(2,3)16(9-12(17)18)8-10-6-5-7-11(19-4)13(10)15/h5-7H,8-9H2,1-4H3,(H,17,18). The summed E-state index contributed by atoms with van der Waals surface area (Å²) in [6, 6.07) is 4.87. The lowest BCUT2D eigenvalue weighted by molar-refractivity contribution is -0.139. The van der Waals surface area contributed by atoms with Gasteiger partial charge in [0.15, 0.2) is 11.6 Å². The number of carbonyl (C=O) groups is 1. The molecule has 0 saturated carbocycles. The molecule has 0 saturated heterocycles. The second kappa shape index (κ2) is 6.02. The van der Waals surface area contributed by atoms with Crippen LogP contribution in [0.1, 0.15) is 26.3 Å². The highest BCUT2D eigenvalue weighted by molar-refractivity contribution is 5.69. The van der Waals surface area contributed by atoms with E-state index >= 15 is 0 Å². The van der Waals surface area contributed by atoms with Crippen LogP contribution >= 0.6 is 0 Å². The summed E-state index contributed by atoms with van der Waals surface area (Å²) >= 11 is 0. The first kappa shape index (κ1) is 15.4. The molecule has 0 aromatic heterocycles. The molecule has 0 aliphatic heterocycles. The summed E-state index contributed by atoms with van der Waals surface area (Å²) in [6.45, 7) is 5.77. The third kappa shape index (κ3) is 4.21. The highest BCUT2D eigenvalue weighted by Gasteiger charge is 2.25. The molecule has 0 atom stereocenters. The molecule has 0 heterocycles. The Morgan fingerprint density at radius 1 is 1.42 bits per heavy atom. The Morgan fingerprint density at radius 2 is 2.05 bits per heavy atom. The average Bonchev–Trinajstić information content (AvgIpc) is 2.29. The minimum absolute atomic E-state index is 0.139. The zero-order valence-electron chi connectivity index (χ0n) is 11.7. The first-order valence-electron chi connectivity index (χ1n) is 6.04. The summed E-state index contributed by atoms with van der Waals surface area (Å²) in [6.07, 6.45) is 0. The first-order valence-corrected chi connectivity index (χ1v) is 6.04. The van der Waals surface area contributed by atoms with Gasteiger partial charge in [-0.25, -0.2) is 4.39 Å². The van der Waals surface area contributed by atoms with E-state index in [-0.39, 0.29) is 24.4 Å². The third-order valence-electron chi connectivity index (χ3n) is 2.90. The van der Waals surface area contributed by atoms with E-state index in [9.17, 15) is 9.18 Å². The summed E-state index contributed by atoms with van der Waals surface area (Å²) in [4.78, 5) is 12.6. The molecule has 0 fully saturated rings. The Balaban J connectivity index is 3.00. The average molecular weight is 269 g/mol. The molecule has 106 valence electrons. The number of carboxylic acid groups (broad SMARTS) is 1. The molecule has 1 aromatic rings. The van der Waals surface area contributed by atoms with E-state index in [4.69, 9.17) is 9.84 Å². The molecule has 1 rings (SSSR count). The summed E-state index contributed by atoms with van der Waals surface area (Å²) < 4.78 is 19.0. The van der Waals surface area contributed by atoms with Crippen LogP contribution in [0.25, 0.3) is 0 Å². The van der Waals surface area contributed by atoms with Crippen LogP contribution in [-0.2, 0) is 11.3 Å². The van der Waals surface area contributed by atoms with Gasteiger partial charge in [0.1, 0.15) is 0 Å². The lowest BCUT2D eigenvalue weighted by Gasteiger charge is -2.34. The molecule has 0 unspecified atom stereocenters. The van der Waals surface area contributed by atoms with Crippen molar-refractivity contribution in [3.8, 4) is 5.75 Å². The van der Waals surface area contributed by atoms with Gasteiger partial charge in [-0.3, -0.25) is 9.69 Å². The van der Waals surface area contributed by atoms with Crippen molar-refractivity contribution in [1.29, 1.82) is 0 Å². The van der Waals surface area contributed by atoms with Crippen molar-refractivity contribution in [2.45, 2.75) is 32.9 Å². The maximum Gasteiger partial charge on any atom is 0.317 e. The van der Waals surface area contributed by atoms with Gasteiger partial charge < -0.3 is 9.84 Å². The van der Waals surface area contributed by atoms with E-state index in [0.29, 0.717) is 5.56 Å². The largest absolute Gasteiger partial charge is 0.494 e. The number of ether oxygens (including phenoxy) is 1. The van der Waals surface area contributed by atoms with E-state index < -0.39 is 11.8 Å². The van der Waals surface area contributed by atoms with Gasteiger partial charge in [-0.1, -0.05) is 12.1 Å². The number of nitrogens with zero attached hydrogens (tertiary/aromatic N) is 1. The maximum atomic E-state index is 14.1. The van der Waals surface area contributed by atoms with Crippen LogP contribution in [0.4, 0.5) is 4.39 Å². The summed E-state index contributed by atoms with van der Waals surface area (Å²) in [7, 11) is 1.40. The van der Waals surface area contributed by atoms with E-state index in [0.717, 1.165) is 0 Å². The number of aliphatic carboxylic acids is 1. The smallest absolute Gasteiger partial charge is 0.317 e. The molecule has 5 heteroatoms. The summed E-state index contributed by atoms with van der Waals surface area (Å²) in [5.74, 6) is -1.20. The lowest BCUT2D eigenvalue weighted by atomic mass is 10.0. The Morgan fingerprint density at radius 3 is 2.53 bits per heavy atom. The van der Waals surface area contributed by atoms with Crippen molar-refractivity contribution in [3.05, 3.63) is 29.6 Å². The predicted octanol–water partition coefficient (Wildman–Crippen LogP) is 2.52. The predicted molar refractivity (Wildman–Crippen MR) is 70.8 cm³/mol. The zero-order valence-corrected chi connectivity index (χ0v) is 11.7. The van der Waals surface area contributed by atoms with E-state index in [1.54, 1.807) is 17.0 Å². The molecule has 0 amide bonds. The minimum atomic E-state index is -0.932. The van der Waals surface area contributed by atoms with E-state index in [2.05, 4.69) is 0 Å². The fraction of sp³-hybridized carbons (Fsp3) is 0.500. The van der Waals surface area contributed by atoms with Gasteiger partial charge in [-0.15, -0.1) is 0 Å². The summed E-state index contributed by atoms with van der Waals surface area (Å²) in [5.41, 5.74) is 0.0593. The van der Waals surface area contributed by atoms with Crippen LogP contribution in [-0.4, -0.2) is 35.2 Å². The minimum Gasteiger partial charge on any atom is -0.494 e. The number of carboxylic acids is 1. The van der Waals surface area contributed by atoms with E-state index in [1.165, 1.54) is 13.2 Å². The Bertz CT molecular complexity index is 454. The number of benzene rings is 1. The van der Waals surface area contributed by atoms with Crippen molar-refractivity contribution in [3.63, 3.8) is 0 Å². The summed E-state index contributed by atoms with van der Waals surface area (Å²) in [5, 5.41) is 8.94. The Hall–Kier alpha value is -1.62. The van der Waals surface area contributed by atoms with Crippen molar-refractivity contribution in [2.75, 3.05) is 13.7 Å². The third-order valence-corrected chi connectivity index (χ3v) is 2.90. The Labute approximate surface area is 112 Å². The molecule has 0 radical (unpaired) electrons. The molecule has 1 N–H and O–H groups in total. The normalized spacial score (nSPS) is 11.7. The van der Waals surface area contributed by atoms with Gasteiger partial charge >= 0.3 is 5.97 Å². The topological polar surface area (TPSA) is 49.8 Å². The van der Waals surface area contributed by atoms with Crippen LogP contribution < -0.4 is 4.74 Å². The fourth-order valence-corrected chi connectivity index (χ4v) is 1.74. The lowest BCUT2D eigenvalue weighted by Crippen LogP contribution is -2.44. The molecule has 0 spiro atoms. The van der Waals surface area contributed by atoms with Crippen LogP contribution in [0.3, 0.4) is 0 Å². The quantitative estimate of drug-likeness (QED) is 0.892. The van der Waals surface area contributed by atoms with Crippen molar-refractivity contribution >= 4 is 5.97 Å². The highest BCUT2D eigenvalue weighted by atomic mass is 19.1. The van der Waals surface area contributed by atoms with Gasteiger partial charge in [-0.2, -0.15) is 0 Å². The van der Waals surface area contributed by atoms with Crippen LogP contribution in [0.2, 0.25) is 0 Å². The van der Waals surface area contributed by atoms with Crippen molar-refractivity contribution < 1.29 is 19.0 Å². The molecular weight excluding hydrogens is 249 g/mol. The second-order valence-electron chi connectivity index (χ2n) is 5.35. The maximum absolute atomic E-state index is 14.1. The molecule has 0 aliphatic carbocycles. The highest BCUT2D eigenvalue weighted by Crippen LogP contribution is 2.24. The molecule has 4 nitrogen and oxygen atoms in total. The number of rotatable bonds is 5. The number of methoxy groups -OCH3 is 1. The van der Waals surface area contributed by atoms with Crippen molar-refractivity contribution in [1.82, 2.24) is 4.90 Å². The zero-order chi connectivity index (χ0) is 14.6. The molecule has 0 aliphatic rings. The fourth-order valence-electron chi connectivity index (χ4n) is 1.74. The Kier molecular flexibility index (Phi) is 4.89. The van der Waals surface area contributed by atoms with Gasteiger partial charge in [-0.05, 0) is 26.8 Å². The second-order valence-corrected chi connectivity index (χ2v) is 5.35. The SMILES string of the molecule is COc1cccc(CN(CC(=O)O)C(C)(C)C)c1F. The first-order chi connectivity index (χ1) is 8.75. The monoisotopic (exact) mass is 269 g/mol. The molecule has 0 bridgehead atoms. The molecule has 1 aromatic carbocycles. The number of hydrogen-bond acceptors (Lipinski definition) is 3. The number of hydrogen-bond donors (Lipinski definition) is 1. The van der Waals surface area contributed by atoms with Crippen molar-refractivity contribution in [2.24, 2.45) is 0 Å². The van der Waals surface area contributed by atoms with Gasteiger partial charge in [0, 0.05) is 17.6 Å². The molecule has 19 heavy (non-hydrogen) atoms. The van der Waals surface area contributed by atoms with Gasteiger partial charge in [0.25, 0.3) is 0 Å². The van der Waals surface area contributed by atoms with Gasteiger partial charge in [0.05, 0.1) is 13.7 Å². The van der Waals surface area contributed by atoms with Gasteiger partial charge in [0.2, 0.25) is 0 Å². The number of halogens is 1. The molecular formula is C14H20FNO3. The van der Waals surface area contributed by atoms with Crippen LogP contribution in [0.15, 0.2) is 18.2 Å². The van der Waals surface area contributed by atoms with E-state index in [1.807, 2.05) is 20.8 Å².